The Labute approximate surface area is 227 Å². The van der Waals surface area contributed by atoms with Crippen LogP contribution in [-0.4, -0.2) is 29.2 Å². The molecule has 0 saturated carbocycles. The molecule has 38 heavy (non-hydrogen) atoms. The highest BCUT2D eigenvalue weighted by Gasteiger charge is 2.15. The van der Waals surface area contributed by atoms with Gasteiger partial charge in [-0.2, -0.15) is 5.10 Å². The Morgan fingerprint density at radius 2 is 1.34 bits per heavy atom. The Morgan fingerprint density at radius 1 is 0.763 bits per heavy atom. The monoisotopic (exact) mass is 548 g/mol. The van der Waals surface area contributed by atoms with Crippen molar-refractivity contribution in [2.24, 2.45) is 5.10 Å². The van der Waals surface area contributed by atoms with Crippen molar-refractivity contribution in [3.63, 3.8) is 0 Å². The lowest BCUT2D eigenvalue weighted by Crippen LogP contribution is -2.18. The van der Waals surface area contributed by atoms with E-state index in [-0.39, 0.29) is 39.5 Å². The van der Waals surface area contributed by atoms with E-state index in [1.165, 1.54) is 60.8 Å². The van der Waals surface area contributed by atoms with Gasteiger partial charge in [-0.1, -0.05) is 35.3 Å². The first-order chi connectivity index (χ1) is 18.3. The number of hydrogen-bond donors (Lipinski definition) is 2. The molecule has 0 spiro atoms. The summed E-state index contributed by atoms with van der Waals surface area (Å²) >= 11 is 11.8. The van der Waals surface area contributed by atoms with Crippen LogP contribution in [0.3, 0.4) is 0 Å². The van der Waals surface area contributed by atoms with Crippen LogP contribution in [0.2, 0.25) is 10.0 Å². The molecule has 2 N–H and O–H groups in total. The van der Waals surface area contributed by atoms with Crippen LogP contribution in [0.4, 0.5) is 0 Å². The highest BCUT2D eigenvalue weighted by atomic mass is 35.5. The number of carbonyl (C=O) groups is 3. The van der Waals surface area contributed by atoms with Crippen molar-refractivity contribution >= 4 is 47.3 Å². The number of aromatic hydroxyl groups is 1. The van der Waals surface area contributed by atoms with E-state index >= 15 is 0 Å². The number of hydrazone groups is 1. The molecule has 0 aromatic heterocycles. The number of rotatable bonds is 7. The maximum absolute atomic E-state index is 12.7. The minimum Gasteiger partial charge on any atom is -0.507 e. The molecule has 0 aliphatic carbocycles. The zero-order valence-corrected chi connectivity index (χ0v) is 20.9. The summed E-state index contributed by atoms with van der Waals surface area (Å²) < 4.78 is 11.0. The Morgan fingerprint density at radius 3 is 1.95 bits per heavy atom. The summed E-state index contributed by atoms with van der Waals surface area (Å²) in [5, 5.41) is 14.6. The van der Waals surface area contributed by atoms with E-state index in [4.69, 9.17) is 32.7 Å². The van der Waals surface area contributed by atoms with Crippen LogP contribution >= 0.6 is 23.2 Å². The molecule has 0 bridgehead atoms. The van der Waals surface area contributed by atoms with E-state index in [2.05, 4.69) is 10.5 Å². The van der Waals surface area contributed by atoms with Crippen LogP contribution in [0, 0.1) is 0 Å². The highest BCUT2D eigenvalue weighted by Crippen LogP contribution is 2.26. The van der Waals surface area contributed by atoms with E-state index in [9.17, 15) is 19.5 Å². The van der Waals surface area contributed by atoms with Gasteiger partial charge in [0.05, 0.1) is 22.9 Å². The van der Waals surface area contributed by atoms with Crippen molar-refractivity contribution in [3.8, 4) is 17.2 Å². The molecule has 0 aliphatic rings. The summed E-state index contributed by atoms with van der Waals surface area (Å²) in [5.41, 5.74) is 3.12. The van der Waals surface area contributed by atoms with Gasteiger partial charge >= 0.3 is 11.9 Å². The highest BCUT2D eigenvalue weighted by molar-refractivity contribution is 6.31. The second kappa shape index (κ2) is 12.1. The molecule has 4 rings (SSSR count). The van der Waals surface area contributed by atoms with Gasteiger partial charge in [0.2, 0.25) is 0 Å². The fourth-order valence-corrected chi connectivity index (χ4v) is 3.41. The van der Waals surface area contributed by atoms with Gasteiger partial charge in [0.25, 0.3) is 5.91 Å². The lowest BCUT2D eigenvalue weighted by atomic mass is 10.2. The number of nitrogens with one attached hydrogen (secondary N) is 1. The molecule has 0 aliphatic heterocycles. The third kappa shape index (κ3) is 6.76. The molecule has 4 aromatic carbocycles. The molecule has 4 aromatic rings. The molecule has 0 unspecified atom stereocenters. The molecule has 190 valence electrons. The molecule has 1 amide bonds. The summed E-state index contributed by atoms with van der Waals surface area (Å²) in [4.78, 5) is 37.6. The van der Waals surface area contributed by atoms with Gasteiger partial charge in [-0.05, 0) is 72.8 Å². The fraction of sp³-hybridized carbons (Fsp3) is 0. The van der Waals surface area contributed by atoms with Crippen LogP contribution in [-0.2, 0) is 0 Å². The van der Waals surface area contributed by atoms with Crippen LogP contribution < -0.4 is 14.9 Å². The second-order valence-electron chi connectivity index (χ2n) is 7.71. The van der Waals surface area contributed by atoms with Gasteiger partial charge < -0.3 is 14.6 Å². The lowest BCUT2D eigenvalue weighted by molar-refractivity contribution is 0.0732. The van der Waals surface area contributed by atoms with Crippen LogP contribution in [0.1, 0.15) is 36.6 Å². The molecule has 10 heteroatoms. The minimum absolute atomic E-state index is 0.00640. The van der Waals surface area contributed by atoms with Gasteiger partial charge in [-0.25, -0.2) is 15.0 Å². The second-order valence-corrected chi connectivity index (χ2v) is 8.58. The molecule has 0 fully saturated rings. The normalized spacial score (nSPS) is 10.7. The molecule has 8 nitrogen and oxygen atoms in total. The molecule has 0 heterocycles. The van der Waals surface area contributed by atoms with Gasteiger partial charge in [-0.3, -0.25) is 4.79 Å². The van der Waals surface area contributed by atoms with Crippen molar-refractivity contribution in [2.45, 2.75) is 0 Å². The predicted molar refractivity (Wildman–Crippen MR) is 142 cm³/mol. The maximum atomic E-state index is 12.7. The third-order valence-corrected chi connectivity index (χ3v) is 5.58. The van der Waals surface area contributed by atoms with Gasteiger partial charge in [0, 0.05) is 21.7 Å². The number of benzene rings is 4. The van der Waals surface area contributed by atoms with Gasteiger partial charge in [0.1, 0.15) is 17.2 Å². The van der Waals surface area contributed by atoms with E-state index in [0.29, 0.717) is 10.0 Å². The molecule has 0 radical (unpaired) electrons. The quantitative estimate of drug-likeness (QED) is 0.128. The number of carbonyl (C=O) groups excluding carboxylic acids is 3. The number of phenolic OH excluding ortho intramolecular Hbond substituents is 1. The summed E-state index contributed by atoms with van der Waals surface area (Å²) in [6, 6.07) is 22.5. The van der Waals surface area contributed by atoms with E-state index in [1.54, 1.807) is 36.4 Å². The summed E-state index contributed by atoms with van der Waals surface area (Å²) in [6.07, 6.45) is 1.24. The van der Waals surface area contributed by atoms with Crippen molar-refractivity contribution in [3.05, 3.63) is 123 Å². The van der Waals surface area contributed by atoms with Crippen molar-refractivity contribution in [1.29, 1.82) is 0 Å². The summed E-state index contributed by atoms with van der Waals surface area (Å²) in [7, 11) is 0. The zero-order valence-electron chi connectivity index (χ0n) is 19.4. The number of esters is 2. The topological polar surface area (TPSA) is 114 Å². The van der Waals surface area contributed by atoms with E-state index in [1.807, 2.05) is 0 Å². The third-order valence-electron chi connectivity index (χ3n) is 5.08. The largest absolute Gasteiger partial charge is 0.507 e. The van der Waals surface area contributed by atoms with Gasteiger partial charge in [-0.15, -0.1) is 0 Å². The zero-order chi connectivity index (χ0) is 27.1. The number of amides is 1. The standard InChI is InChI=1S/C28H18Cl2N2O6/c29-20-10-5-17(6-11-20)27(35)37-22-14-9-19(16-31-32-26(34)23-3-1-2-4-24(23)33)25(15-22)38-28(36)18-7-12-21(30)13-8-18/h1-16,33H,(H,32,34). The fourth-order valence-electron chi connectivity index (χ4n) is 3.16. The van der Waals surface area contributed by atoms with Crippen LogP contribution in [0.5, 0.6) is 17.2 Å². The SMILES string of the molecule is O=C(Oc1ccc(C=NNC(=O)c2ccccc2O)c(OC(=O)c2ccc(Cl)cc2)c1)c1ccc(Cl)cc1. The number of halogens is 2. The van der Waals surface area contributed by atoms with Crippen molar-refractivity contribution < 1.29 is 29.0 Å². The number of nitrogens with zero attached hydrogens (tertiary/aromatic N) is 1. The average Bonchev–Trinajstić information content (AvgIpc) is 2.90. The number of ether oxygens (including phenoxy) is 2. The Kier molecular flexibility index (Phi) is 8.37. The Hall–Kier alpha value is -4.66. The Bertz CT molecular complexity index is 1520. The first-order valence-corrected chi connectivity index (χ1v) is 11.8. The van der Waals surface area contributed by atoms with Crippen molar-refractivity contribution in [1.82, 2.24) is 5.43 Å². The number of phenols is 1. The van der Waals surface area contributed by atoms with Crippen LogP contribution in [0.15, 0.2) is 96.1 Å². The smallest absolute Gasteiger partial charge is 0.343 e. The number of para-hydroxylation sites is 1. The van der Waals surface area contributed by atoms with Gasteiger partial charge in [0.15, 0.2) is 0 Å². The average molecular weight is 549 g/mol. The predicted octanol–water partition coefficient (Wildman–Crippen LogP) is 5.90. The maximum Gasteiger partial charge on any atom is 0.343 e. The molecule has 0 saturated heterocycles. The minimum atomic E-state index is -0.698. The number of hydrogen-bond acceptors (Lipinski definition) is 7. The lowest BCUT2D eigenvalue weighted by Gasteiger charge is -2.11. The Balaban J connectivity index is 1.57. The summed E-state index contributed by atoms with van der Waals surface area (Å²) in [5.74, 6) is -2.09. The first kappa shape index (κ1) is 26.4. The molecule has 0 atom stereocenters. The van der Waals surface area contributed by atoms with Crippen LogP contribution in [0.25, 0.3) is 0 Å². The van der Waals surface area contributed by atoms with Crippen molar-refractivity contribution in [2.75, 3.05) is 0 Å². The van der Waals surface area contributed by atoms with E-state index in [0.717, 1.165) is 0 Å². The van der Waals surface area contributed by atoms with E-state index < -0.39 is 17.8 Å². The summed E-state index contributed by atoms with van der Waals surface area (Å²) in [6.45, 7) is 0. The molecular formula is C28H18Cl2N2O6. The first-order valence-electron chi connectivity index (χ1n) is 11.0. The molecular weight excluding hydrogens is 531 g/mol.